The van der Waals surface area contributed by atoms with Gasteiger partial charge in [-0.05, 0) is 25.1 Å². The first-order valence-electron chi connectivity index (χ1n) is 5.59. The van der Waals surface area contributed by atoms with Crippen molar-refractivity contribution >= 4 is 5.97 Å². The maximum Gasteiger partial charge on any atom is 0.337 e. The van der Waals surface area contributed by atoms with Crippen molar-refractivity contribution in [3.05, 3.63) is 41.6 Å². The van der Waals surface area contributed by atoms with E-state index in [0.29, 0.717) is 5.56 Å². The second-order valence-corrected chi connectivity index (χ2v) is 4.09. The average molecular weight is 245 g/mol. The lowest BCUT2D eigenvalue weighted by molar-refractivity contribution is 0.0696. The van der Waals surface area contributed by atoms with E-state index in [9.17, 15) is 4.79 Å². The topological polar surface area (TPSA) is 51.5 Å². The molecule has 0 aliphatic heterocycles. The van der Waals surface area contributed by atoms with Crippen LogP contribution in [0.25, 0.3) is 11.3 Å². The monoisotopic (exact) mass is 245 g/mol. The Kier molecular flexibility index (Phi) is 3.10. The van der Waals surface area contributed by atoms with Crippen LogP contribution in [0.3, 0.4) is 0 Å². The third-order valence-corrected chi connectivity index (χ3v) is 3.15. The Bertz CT molecular complexity index is 599. The van der Waals surface area contributed by atoms with E-state index in [0.717, 1.165) is 22.7 Å². The van der Waals surface area contributed by atoms with E-state index in [4.69, 9.17) is 9.84 Å². The summed E-state index contributed by atoms with van der Waals surface area (Å²) in [5, 5.41) is 9.13. The van der Waals surface area contributed by atoms with Crippen LogP contribution in [-0.4, -0.2) is 22.8 Å². The number of carboxylic acids is 1. The van der Waals surface area contributed by atoms with E-state index >= 15 is 0 Å². The second kappa shape index (κ2) is 4.56. The van der Waals surface area contributed by atoms with E-state index in [1.54, 1.807) is 20.1 Å². The summed E-state index contributed by atoms with van der Waals surface area (Å²) in [6.07, 6.45) is 0. The highest BCUT2D eigenvalue weighted by Gasteiger charge is 2.17. The highest BCUT2D eigenvalue weighted by molar-refractivity contribution is 5.91. The maximum atomic E-state index is 11.1. The van der Waals surface area contributed by atoms with E-state index in [1.807, 2.05) is 35.9 Å². The Labute approximate surface area is 105 Å². The van der Waals surface area contributed by atoms with E-state index < -0.39 is 5.97 Å². The number of aromatic nitrogens is 1. The number of nitrogens with zero attached hydrogens (tertiary/aromatic N) is 1. The van der Waals surface area contributed by atoms with Crippen LogP contribution in [0, 0.1) is 6.92 Å². The Balaban J connectivity index is 2.65. The molecule has 0 atom stereocenters. The molecule has 0 saturated carbocycles. The Hall–Kier alpha value is -2.23. The predicted octanol–water partition coefficient (Wildman–Crippen LogP) is 2.71. The number of rotatable bonds is 3. The number of aromatic carboxylic acids is 1. The van der Waals surface area contributed by atoms with Crippen LogP contribution >= 0.6 is 0 Å². The van der Waals surface area contributed by atoms with Gasteiger partial charge in [0.1, 0.15) is 5.75 Å². The van der Waals surface area contributed by atoms with Crippen molar-refractivity contribution in [3.8, 4) is 17.0 Å². The van der Waals surface area contributed by atoms with Crippen molar-refractivity contribution in [1.29, 1.82) is 0 Å². The van der Waals surface area contributed by atoms with Gasteiger partial charge in [0.25, 0.3) is 0 Å². The highest BCUT2D eigenvalue weighted by Crippen LogP contribution is 2.32. The largest absolute Gasteiger partial charge is 0.496 e. The summed E-state index contributed by atoms with van der Waals surface area (Å²) in [7, 11) is 3.45. The molecule has 94 valence electrons. The van der Waals surface area contributed by atoms with Gasteiger partial charge in [0.2, 0.25) is 0 Å². The summed E-state index contributed by atoms with van der Waals surface area (Å²) in [5.74, 6) is -0.181. The molecule has 1 aromatic heterocycles. The van der Waals surface area contributed by atoms with Gasteiger partial charge in [-0.15, -0.1) is 0 Å². The Morgan fingerprint density at radius 2 is 2.00 bits per heavy atom. The molecule has 0 fully saturated rings. The molecule has 2 aromatic rings. The fourth-order valence-corrected chi connectivity index (χ4v) is 2.03. The summed E-state index contributed by atoms with van der Waals surface area (Å²) >= 11 is 0. The molecule has 4 heteroatoms. The molecule has 1 aromatic carbocycles. The molecule has 4 nitrogen and oxygen atoms in total. The maximum absolute atomic E-state index is 11.1. The molecule has 0 aliphatic carbocycles. The molecular formula is C14H15NO3. The van der Waals surface area contributed by atoms with Crippen molar-refractivity contribution in [3.63, 3.8) is 0 Å². The van der Waals surface area contributed by atoms with E-state index in [1.165, 1.54) is 0 Å². The zero-order valence-corrected chi connectivity index (χ0v) is 10.6. The van der Waals surface area contributed by atoms with Crippen LogP contribution in [-0.2, 0) is 7.05 Å². The average Bonchev–Trinajstić information content (AvgIpc) is 2.66. The molecule has 0 aliphatic rings. The number of carbonyl (C=O) groups is 1. The molecule has 1 heterocycles. The van der Waals surface area contributed by atoms with Gasteiger partial charge in [-0.2, -0.15) is 0 Å². The van der Waals surface area contributed by atoms with Crippen molar-refractivity contribution in [2.75, 3.05) is 7.11 Å². The van der Waals surface area contributed by atoms with Crippen molar-refractivity contribution < 1.29 is 14.6 Å². The molecular weight excluding hydrogens is 230 g/mol. The number of ether oxygens (including phenoxy) is 1. The van der Waals surface area contributed by atoms with Gasteiger partial charge in [0, 0.05) is 18.3 Å². The summed E-state index contributed by atoms with van der Waals surface area (Å²) < 4.78 is 7.17. The number of benzene rings is 1. The molecule has 0 radical (unpaired) electrons. The predicted molar refractivity (Wildman–Crippen MR) is 69.1 cm³/mol. The van der Waals surface area contributed by atoms with Gasteiger partial charge in [0.15, 0.2) is 0 Å². The summed E-state index contributed by atoms with van der Waals surface area (Å²) in [4.78, 5) is 11.1. The zero-order valence-electron chi connectivity index (χ0n) is 10.6. The number of carboxylic acid groups (broad SMARTS) is 1. The van der Waals surface area contributed by atoms with Crippen molar-refractivity contribution in [2.45, 2.75) is 6.92 Å². The summed E-state index contributed by atoms with van der Waals surface area (Å²) in [5.41, 5.74) is 2.77. The number of methoxy groups -OCH3 is 1. The van der Waals surface area contributed by atoms with Crippen LogP contribution in [0.4, 0.5) is 0 Å². The lowest BCUT2D eigenvalue weighted by atomic mass is 10.1. The fraction of sp³-hybridized carbons (Fsp3) is 0.214. The third kappa shape index (κ3) is 1.86. The number of hydrogen-bond acceptors (Lipinski definition) is 2. The molecule has 0 amide bonds. The van der Waals surface area contributed by atoms with Crippen LogP contribution in [0.5, 0.6) is 5.75 Å². The molecule has 0 bridgehead atoms. The highest BCUT2D eigenvalue weighted by atomic mass is 16.5. The van der Waals surface area contributed by atoms with Crippen molar-refractivity contribution in [1.82, 2.24) is 4.57 Å². The molecule has 0 unspecified atom stereocenters. The van der Waals surface area contributed by atoms with Gasteiger partial charge >= 0.3 is 5.97 Å². The number of para-hydroxylation sites is 1. The lowest BCUT2D eigenvalue weighted by Gasteiger charge is -2.09. The first-order valence-corrected chi connectivity index (χ1v) is 5.59. The number of hydrogen-bond donors (Lipinski definition) is 1. The molecule has 2 rings (SSSR count). The quantitative estimate of drug-likeness (QED) is 0.904. The summed E-state index contributed by atoms with van der Waals surface area (Å²) in [6, 6.07) is 9.24. The van der Waals surface area contributed by atoms with Gasteiger partial charge in [-0.1, -0.05) is 12.1 Å². The normalized spacial score (nSPS) is 10.4. The molecule has 0 spiro atoms. The van der Waals surface area contributed by atoms with Crippen LogP contribution in [0.15, 0.2) is 30.3 Å². The Morgan fingerprint density at radius 3 is 2.56 bits per heavy atom. The zero-order chi connectivity index (χ0) is 13.3. The van der Waals surface area contributed by atoms with Gasteiger partial charge in [0.05, 0.1) is 18.4 Å². The van der Waals surface area contributed by atoms with Crippen LogP contribution in [0.2, 0.25) is 0 Å². The minimum absolute atomic E-state index is 0.318. The third-order valence-electron chi connectivity index (χ3n) is 3.15. The van der Waals surface area contributed by atoms with Gasteiger partial charge in [-0.3, -0.25) is 0 Å². The molecule has 0 saturated heterocycles. The van der Waals surface area contributed by atoms with E-state index in [-0.39, 0.29) is 0 Å². The van der Waals surface area contributed by atoms with Gasteiger partial charge < -0.3 is 14.4 Å². The molecule has 18 heavy (non-hydrogen) atoms. The lowest BCUT2D eigenvalue weighted by Crippen LogP contribution is -1.99. The summed E-state index contributed by atoms with van der Waals surface area (Å²) in [6.45, 7) is 1.79. The van der Waals surface area contributed by atoms with E-state index in [2.05, 4.69) is 0 Å². The SMILES string of the molecule is COc1ccccc1-c1cc(C(=O)O)c(C)n1C. The minimum Gasteiger partial charge on any atom is -0.496 e. The Morgan fingerprint density at radius 1 is 1.33 bits per heavy atom. The van der Waals surface area contributed by atoms with Crippen LogP contribution < -0.4 is 4.74 Å². The minimum atomic E-state index is -0.913. The second-order valence-electron chi connectivity index (χ2n) is 4.09. The first-order chi connectivity index (χ1) is 8.56. The first kappa shape index (κ1) is 12.2. The smallest absolute Gasteiger partial charge is 0.337 e. The fourth-order valence-electron chi connectivity index (χ4n) is 2.03. The van der Waals surface area contributed by atoms with Crippen molar-refractivity contribution in [2.24, 2.45) is 7.05 Å². The van der Waals surface area contributed by atoms with Gasteiger partial charge in [-0.25, -0.2) is 4.79 Å². The molecule has 1 N–H and O–H groups in total. The standard InChI is InChI=1S/C14H15NO3/c1-9-11(14(16)17)8-12(15(9)2)10-6-4-5-7-13(10)18-3/h4-8H,1-3H3,(H,16,17). The van der Waals surface area contributed by atoms with Crippen LogP contribution in [0.1, 0.15) is 16.1 Å².